The van der Waals surface area contributed by atoms with Gasteiger partial charge in [-0.2, -0.15) is 17.6 Å². The molecule has 0 radical (unpaired) electrons. The molecule has 0 aliphatic carbocycles. The third-order valence-electron chi connectivity index (χ3n) is 6.26. The summed E-state index contributed by atoms with van der Waals surface area (Å²) in [6.45, 7) is 2.09. The molecule has 1 fully saturated rings. The monoisotopic (exact) mass is 469 g/mol. The van der Waals surface area contributed by atoms with Gasteiger partial charge in [0.2, 0.25) is 5.82 Å². The SMILES string of the molecule is COc1c([C@H]2[C@H](C(=O)Nc3ccc4nc[nH]c4c3)O[C@@](C)(C(F)(F)F)[C@H]2C)ccc(F)c1F. The summed E-state index contributed by atoms with van der Waals surface area (Å²) in [4.78, 5) is 20.1. The minimum Gasteiger partial charge on any atom is -0.493 e. The molecule has 3 aromatic rings. The molecule has 11 heteroatoms. The first kappa shape index (κ1) is 23.0. The molecule has 2 heterocycles. The van der Waals surface area contributed by atoms with E-state index in [0.29, 0.717) is 16.7 Å². The third kappa shape index (κ3) is 3.69. The lowest BCUT2D eigenvalue weighted by atomic mass is 9.77. The van der Waals surface area contributed by atoms with Gasteiger partial charge in [0, 0.05) is 23.1 Å². The summed E-state index contributed by atoms with van der Waals surface area (Å²) in [5.41, 5.74) is -1.28. The Morgan fingerprint density at radius 3 is 2.64 bits per heavy atom. The number of hydrogen-bond donors (Lipinski definition) is 2. The Balaban J connectivity index is 1.76. The molecule has 1 aromatic heterocycles. The van der Waals surface area contributed by atoms with Gasteiger partial charge < -0.3 is 19.8 Å². The largest absolute Gasteiger partial charge is 0.493 e. The molecule has 1 amide bonds. The number of anilines is 1. The zero-order valence-electron chi connectivity index (χ0n) is 17.8. The Bertz CT molecular complexity index is 1210. The molecular weight excluding hydrogens is 449 g/mol. The van der Waals surface area contributed by atoms with Crippen molar-refractivity contribution in [2.24, 2.45) is 5.92 Å². The van der Waals surface area contributed by atoms with Gasteiger partial charge in [0.1, 0.15) is 6.10 Å². The summed E-state index contributed by atoms with van der Waals surface area (Å²) in [5.74, 6) is -6.63. The number of nitrogens with one attached hydrogen (secondary N) is 2. The first-order valence-electron chi connectivity index (χ1n) is 9.98. The number of benzene rings is 2. The highest BCUT2D eigenvalue weighted by atomic mass is 19.4. The van der Waals surface area contributed by atoms with Crippen LogP contribution in [-0.4, -0.2) is 40.9 Å². The quantitative estimate of drug-likeness (QED) is 0.532. The van der Waals surface area contributed by atoms with Gasteiger partial charge in [0.25, 0.3) is 5.91 Å². The predicted octanol–water partition coefficient (Wildman–Crippen LogP) is 4.93. The topological polar surface area (TPSA) is 76.2 Å². The Kier molecular flexibility index (Phi) is 5.55. The Labute approximate surface area is 185 Å². The normalized spacial score (nSPS) is 25.4. The first-order chi connectivity index (χ1) is 15.5. The van der Waals surface area contributed by atoms with Gasteiger partial charge in [-0.25, -0.2) is 9.37 Å². The van der Waals surface area contributed by atoms with Crippen LogP contribution >= 0.6 is 0 Å². The Hall–Kier alpha value is -3.21. The lowest BCUT2D eigenvalue weighted by molar-refractivity contribution is -0.272. The van der Waals surface area contributed by atoms with Crippen LogP contribution < -0.4 is 10.1 Å². The average Bonchev–Trinajstić information content (AvgIpc) is 3.32. The summed E-state index contributed by atoms with van der Waals surface area (Å²) < 4.78 is 80.4. The smallest absolute Gasteiger partial charge is 0.417 e. The van der Waals surface area contributed by atoms with Crippen LogP contribution in [0.4, 0.5) is 27.6 Å². The number of carbonyl (C=O) groups excluding carboxylic acids is 1. The van der Waals surface area contributed by atoms with Gasteiger partial charge in [-0.1, -0.05) is 13.0 Å². The molecule has 6 nitrogen and oxygen atoms in total. The number of ether oxygens (including phenoxy) is 2. The van der Waals surface area contributed by atoms with Crippen LogP contribution in [0.15, 0.2) is 36.7 Å². The number of amides is 1. The number of carbonyl (C=O) groups is 1. The Morgan fingerprint density at radius 1 is 1.24 bits per heavy atom. The van der Waals surface area contributed by atoms with E-state index in [0.717, 1.165) is 26.2 Å². The summed E-state index contributed by atoms with van der Waals surface area (Å²) >= 11 is 0. The fourth-order valence-corrected chi connectivity index (χ4v) is 4.27. The lowest BCUT2D eigenvalue weighted by Gasteiger charge is -2.32. The van der Waals surface area contributed by atoms with Gasteiger partial charge in [0.15, 0.2) is 17.2 Å². The molecule has 4 rings (SSSR count). The standard InChI is InChI=1S/C22H20F5N3O3/c1-10-16(12-5-6-13(23)17(24)18(12)32-3)19(33-21(10,2)22(25,26)27)20(31)30-11-4-7-14-15(8-11)29-9-28-14/h4-10,16,19H,1-3H3,(H,28,29)(H,30,31)/t10-,16-,19+,21+/m0/s1. The lowest BCUT2D eigenvalue weighted by Crippen LogP contribution is -2.47. The summed E-state index contributed by atoms with van der Waals surface area (Å²) in [6.07, 6.45) is -5.04. The van der Waals surface area contributed by atoms with Crippen LogP contribution in [0.2, 0.25) is 0 Å². The second-order valence-corrected chi connectivity index (χ2v) is 8.07. The highest BCUT2D eigenvalue weighted by Gasteiger charge is 2.65. The van der Waals surface area contributed by atoms with Crippen LogP contribution in [0, 0.1) is 17.6 Å². The van der Waals surface area contributed by atoms with Crippen molar-refractivity contribution in [2.75, 3.05) is 12.4 Å². The molecule has 1 aliphatic rings. The summed E-state index contributed by atoms with van der Waals surface area (Å²) in [6, 6.07) is 6.62. The van der Waals surface area contributed by atoms with E-state index in [1.807, 2.05) is 0 Å². The first-order valence-corrected chi connectivity index (χ1v) is 9.98. The molecule has 2 N–H and O–H groups in total. The van der Waals surface area contributed by atoms with E-state index in [4.69, 9.17) is 9.47 Å². The number of methoxy groups -OCH3 is 1. The van der Waals surface area contributed by atoms with Crippen molar-refractivity contribution in [1.29, 1.82) is 0 Å². The highest BCUT2D eigenvalue weighted by molar-refractivity contribution is 5.96. The number of halogens is 5. The predicted molar refractivity (Wildman–Crippen MR) is 109 cm³/mol. The number of fused-ring (bicyclic) bond motifs is 1. The zero-order valence-corrected chi connectivity index (χ0v) is 17.8. The van der Waals surface area contributed by atoms with E-state index < -0.39 is 53.0 Å². The van der Waals surface area contributed by atoms with Crippen molar-refractivity contribution in [3.63, 3.8) is 0 Å². The van der Waals surface area contributed by atoms with Crippen molar-refractivity contribution < 1.29 is 36.2 Å². The van der Waals surface area contributed by atoms with Crippen LogP contribution in [0.1, 0.15) is 25.3 Å². The van der Waals surface area contributed by atoms with Gasteiger partial charge in [-0.15, -0.1) is 0 Å². The molecule has 4 atom stereocenters. The molecule has 0 bridgehead atoms. The zero-order chi connectivity index (χ0) is 24.1. The van der Waals surface area contributed by atoms with Crippen LogP contribution in [0.3, 0.4) is 0 Å². The third-order valence-corrected chi connectivity index (χ3v) is 6.26. The second-order valence-electron chi connectivity index (χ2n) is 8.07. The Morgan fingerprint density at radius 2 is 1.97 bits per heavy atom. The molecule has 33 heavy (non-hydrogen) atoms. The highest BCUT2D eigenvalue weighted by Crippen LogP contribution is 2.55. The van der Waals surface area contributed by atoms with E-state index in [1.54, 1.807) is 12.1 Å². The average molecular weight is 469 g/mol. The van der Waals surface area contributed by atoms with Crippen molar-refractivity contribution in [1.82, 2.24) is 9.97 Å². The number of imidazole rings is 1. The molecule has 0 saturated carbocycles. The summed E-state index contributed by atoms with van der Waals surface area (Å²) in [7, 11) is 1.07. The van der Waals surface area contributed by atoms with Crippen molar-refractivity contribution in [3.8, 4) is 5.75 Å². The molecule has 2 aromatic carbocycles. The van der Waals surface area contributed by atoms with Crippen LogP contribution in [-0.2, 0) is 9.53 Å². The number of hydrogen-bond acceptors (Lipinski definition) is 4. The fraction of sp³-hybridized carbons (Fsp3) is 0.364. The maximum Gasteiger partial charge on any atom is 0.417 e. The van der Waals surface area contributed by atoms with Gasteiger partial charge in [0.05, 0.1) is 24.5 Å². The van der Waals surface area contributed by atoms with E-state index >= 15 is 0 Å². The minimum atomic E-state index is -4.83. The number of alkyl halides is 3. The van der Waals surface area contributed by atoms with Crippen LogP contribution in [0.25, 0.3) is 11.0 Å². The summed E-state index contributed by atoms with van der Waals surface area (Å²) in [5, 5.41) is 2.55. The number of aromatic nitrogens is 2. The maximum atomic E-state index is 14.4. The molecule has 176 valence electrons. The van der Waals surface area contributed by atoms with Gasteiger partial charge in [-0.3, -0.25) is 4.79 Å². The van der Waals surface area contributed by atoms with E-state index in [2.05, 4.69) is 15.3 Å². The minimum absolute atomic E-state index is 0.0963. The molecule has 0 unspecified atom stereocenters. The molecule has 1 saturated heterocycles. The van der Waals surface area contributed by atoms with Crippen molar-refractivity contribution in [3.05, 3.63) is 53.9 Å². The van der Waals surface area contributed by atoms with E-state index in [-0.39, 0.29) is 5.56 Å². The number of nitrogens with zero attached hydrogens (tertiary/aromatic N) is 1. The van der Waals surface area contributed by atoms with Crippen molar-refractivity contribution >= 4 is 22.6 Å². The molecule has 0 spiro atoms. The second kappa shape index (κ2) is 7.98. The van der Waals surface area contributed by atoms with Crippen molar-refractivity contribution in [2.45, 2.75) is 37.6 Å². The number of rotatable bonds is 4. The number of H-pyrrole nitrogens is 1. The van der Waals surface area contributed by atoms with Gasteiger partial charge >= 0.3 is 6.18 Å². The number of aromatic amines is 1. The fourth-order valence-electron chi connectivity index (χ4n) is 4.27. The maximum absolute atomic E-state index is 14.4. The molecule has 1 aliphatic heterocycles. The van der Waals surface area contributed by atoms with Gasteiger partial charge in [-0.05, 0) is 31.2 Å². The van der Waals surface area contributed by atoms with E-state index in [1.165, 1.54) is 19.3 Å². The molecular formula is C22H20F5N3O3. The van der Waals surface area contributed by atoms with E-state index in [9.17, 15) is 26.7 Å². The van der Waals surface area contributed by atoms with Crippen LogP contribution in [0.5, 0.6) is 5.75 Å².